The summed E-state index contributed by atoms with van der Waals surface area (Å²) >= 11 is 0. The summed E-state index contributed by atoms with van der Waals surface area (Å²) in [5, 5.41) is 9.13. The Hall–Kier alpha value is -2.33. The predicted molar refractivity (Wildman–Crippen MR) is 139 cm³/mol. The molecule has 0 saturated carbocycles. The topological polar surface area (TPSA) is 84.0 Å². The van der Waals surface area contributed by atoms with E-state index in [1.54, 1.807) is 0 Å². The van der Waals surface area contributed by atoms with Crippen LogP contribution >= 0.6 is 24.0 Å². The smallest absolute Gasteiger partial charge is 0.243 e. The molecule has 0 radical (unpaired) electrons. The molecule has 0 aromatic heterocycles. The van der Waals surface area contributed by atoms with Gasteiger partial charge < -0.3 is 25.4 Å². The normalized spacial score (nSPS) is 15.6. The number of carbonyl (C=O) groups excluding carboxylic acids is 1. The van der Waals surface area contributed by atoms with Crippen LogP contribution in [0.5, 0.6) is 5.75 Å². The fraction of sp³-hybridized carbons (Fsp3) is 0.417. The Morgan fingerprint density at radius 3 is 2.72 bits per heavy atom. The van der Waals surface area contributed by atoms with Crippen LogP contribution in [0, 0.1) is 12.8 Å². The number of nitrogens with one attached hydrogen (secondary N) is 3. The summed E-state index contributed by atoms with van der Waals surface area (Å²) in [6, 6.07) is 15.5. The maximum Gasteiger partial charge on any atom is 0.243 e. The number of guanidine groups is 1. The summed E-state index contributed by atoms with van der Waals surface area (Å²) in [5.41, 5.74) is 2.92. The third kappa shape index (κ3) is 8.66. The first kappa shape index (κ1) is 25.9. The Morgan fingerprint density at radius 1 is 1.19 bits per heavy atom. The molecule has 1 saturated heterocycles. The predicted octanol–water partition coefficient (Wildman–Crippen LogP) is 3.72. The molecule has 7 nitrogen and oxygen atoms in total. The van der Waals surface area contributed by atoms with E-state index < -0.39 is 0 Å². The number of anilines is 1. The number of hydrogen-bond acceptors (Lipinski definition) is 4. The molecule has 32 heavy (non-hydrogen) atoms. The molecular formula is C24H33IN4O3. The number of aliphatic imine (C=N–C) groups is 1. The number of benzene rings is 2. The van der Waals surface area contributed by atoms with Crippen LogP contribution in [0.2, 0.25) is 0 Å². The Balaban J connectivity index is 0.00000363. The van der Waals surface area contributed by atoms with Crippen LogP contribution in [-0.4, -0.2) is 44.8 Å². The standard InChI is InChI=1S/C24H32N4O3.HI/c1-3-25-24(27-15-23(29)28-21-7-5-4-6-8-21)26-14-20-10-9-18(2)13-22(20)31-17-19-11-12-30-16-19;/h4-10,13,19H,3,11-12,14-17H2,1-2H3,(H,28,29)(H2,25,26,27);1H. The van der Waals surface area contributed by atoms with Crippen molar-refractivity contribution in [2.24, 2.45) is 10.9 Å². The van der Waals surface area contributed by atoms with Crippen molar-refractivity contribution in [1.82, 2.24) is 10.6 Å². The van der Waals surface area contributed by atoms with Crippen molar-refractivity contribution in [3.05, 3.63) is 59.7 Å². The van der Waals surface area contributed by atoms with E-state index in [2.05, 4.69) is 33.9 Å². The van der Waals surface area contributed by atoms with Crippen LogP contribution in [0.3, 0.4) is 0 Å². The zero-order chi connectivity index (χ0) is 21.9. The highest BCUT2D eigenvalue weighted by atomic mass is 127. The van der Waals surface area contributed by atoms with Gasteiger partial charge in [-0.05, 0) is 44.0 Å². The number of ether oxygens (including phenoxy) is 2. The number of amides is 1. The zero-order valence-corrected chi connectivity index (χ0v) is 21.1. The lowest BCUT2D eigenvalue weighted by atomic mass is 10.1. The Labute approximate surface area is 207 Å². The number of aryl methyl sites for hydroxylation is 1. The first-order chi connectivity index (χ1) is 15.1. The summed E-state index contributed by atoms with van der Waals surface area (Å²) in [6.45, 7) is 7.55. The third-order valence-corrected chi connectivity index (χ3v) is 4.95. The zero-order valence-electron chi connectivity index (χ0n) is 18.7. The largest absolute Gasteiger partial charge is 0.493 e. The summed E-state index contributed by atoms with van der Waals surface area (Å²) in [7, 11) is 0. The molecule has 0 spiro atoms. The molecule has 2 aromatic carbocycles. The van der Waals surface area contributed by atoms with Gasteiger partial charge in [0, 0.05) is 30.3 Å². The second-order valence-electron chi connectivity index (χ2n) is 7.61. The highest BCUT2D eigenvalue weighted by molar-refractivity contribution is 14.0. The molecule has 3 N–H and O–H groups in total. The number of carbonyl (C=O) groups is 1. The van der Waals surface area contributed by atoms with Crippen LogP contribution in [0.25, 0.3) is 0 Å². The molecule has 1 aliphatic heterocycles. The lowest BCUT2D eigenvalue weighted by Crippen LogP contribution is -2.41. The van der Waals surface area contributed by atoms with Crippen LogP contribution in [-0.2, 0) is 16.1 Å². The molecule has 0 bridgehead atoms. The number of nitrogens with zero attached hydrogens (tertiary/aromatic N) is 1. The fourth-order valence-electron chi connectivity index (χ4n) is 3.25. The number of halogens is 1. The lowest BCUT2D eigenvalue weighted by Gasteiger charge is -2.15. The number of hydrogen-bond donors (Lipinski definition) is 3. The quantitative estimate of drug-likeness (QED) is 0.251. The van der Waals surface area contributed by atoms with Crippen molar-refractivity contribution in [3.63, 3.8) is 0 Å². The molecule has 3 rings (SSSR count). The van der Waals surface area contributed by atoms with Gasteiger partial charge in [-0.15, -0.1) is 24.0 Å². The third-order valence-electron chi connectivity index (χ3n) is 4.95. The van der Waals surface area contributed by atoms with Crippen molar-refractivity contribution in [2.45, 2.75) is 26.8 Å². The number of rotatable bonds is 9. The molecule has 174 valence electrons. The minimum absolute atomic E-state index is 0. The lowest BCUT2D eigenvalue weighted by molar-refractivity contribution is -0.115. The molecule has 1 unspecified atom stereocenters. The van der Waals surface area contributed by atoms with Crippen molar-refractivity contribution < 1.29 is 14.3 Å². The van der Waals surface area contributed by atoms with Gasteiger partial charge in [-0.2, -0.15) is 0 Å². The molecule has 2 aromatic rings. The first-order valence-electron chi connectivity index (χ1n) is 10.8. The SMILES string of the molecule is CCNC(=NCc1ccc(C)cc1OCC1CCOC1)NCC(=O)Nc1ccccc1.I. The van der Waals surface area contributed by atoms with E-state index in [1.165, 1.54) is 0 Å². The maximum absolute atomic E-state index is 12.2. The van der Waals surface area contributed by atoms with Crippen molar-refractivity contribution >= 4 is 41.5 Å². The van der Waals surface area contributed by atoms with Gasteiger partial charge >= 0.3 is 0 Å². The average molecular weight is 552 g/mol. The second kappa shape index (κ2) is 13.9. The van der Waals surface area contributed by atoms with Crippen LogP contribution in [0.15, 0.2) is 53.5 Å². The van der Waals surface area contributed by atoms with Crippen molar-refractivity contribution in [2.75, 3.05) is 38.2 Å². The van der Waals surface area contributed by atoms with Gasteiger partial charge in [-0.1, -0.05) is 30.3 Å². The molecule has 1 atom stereocenters. The highest BCUT2D eigenvalue weighted by Gasteiger charge is 2.17. The van der Waals surface area contributed by atoms with Gasteiger partial charge in [-0.25, -0.2) is 4.99 Å². The van der Waals surface area contributed by atoms with E-state index in [1.807, 2.05) is 49.4 Å². The molecule has 1 amide bonds. The summed E-state index contributed by atoms with van der Waals surface area (Å²) < 4.78 is 11.5. The highest BCUT2D eigenvalue weighted by Crippen LogP contribution is 2.23. The average Bonchev–Trinajstić information content (AvgIpc) is 3.29. The molecule has 1 aliphatic rings. The molecule has 1 fully saturated rings. The van der Waals surface area contributed by atoms with Crippen molar-refractivity contribution in [3.8, 4) is 5.75 Å². The minimum atomic E-state index is -0.130. The van der Waals surface area contributed by atoms with Crippen LogP contribution < -0.4 is 20.7 Å². The van der Waals surface area contributed by atoms with E-state index in [-0.39, 0.29) is 36.4 Å². The second-order valence-corrected chi connectivity index (χ2v) is 7.61. The molecular weight excluding hydrogens is 519 g/mol. The Morgan fingerprint density at radius 2 is 2.00 bits per heavy atom. The van der Waals surface area contributed by atoms with E-state index in [9.17, 15) is 4.79 Å². The fourth-order valence-corrected chi connectivity index (χ4v) is 3.25. The first-order valence-corrected chi connectivity index (χ1v) is 10.8. The van der Waals surface area contributed by atoms with Gasteiger partial charge in [-0.3, -0.25) is 4.79 Å². The van der Waals surface area contributed by atoms with Gasteiger partial charge in [0.1, 0.15) is 5.75 Å². The van der Waals surface area contributed by atoms with Crippen LogP contribution in [0.1, 0.15) is 24.5 Å². The van der Waals surface area contributed by atoms with Crippen molar-refractivity contribution in [1.29, 1.82) is 0 Å². The summed E-state index contributed by atoms with van der Waals surface area (Å²) in [5.74, 6) is 1.75. The van der Waals surface area contributed by atoms with E-state index in [0.29, 0.717) is 31.6 Å². The van der Waals surface area contributed by atoms with Gasteiger partial charge in [0.25, 0.3) is 0 Å². The van der Waals surface area contributed by atoms with E-state index in [0.717, 1.165) is 42.2 Å². The molecule has 0 aliphatic carbocycles. The Kier molecular flexibility index (Phi) is 11.3. The van der Waals surface area contributed by atoms with E-state index >= 15 is 0 Å². The monoisotopic (exact) mass is 552 g/mol. The minimum Gasteiger partial charge on any atom is -0.493 e. The van der Waals surface area contributed by atoms with E-state index in [4.69, 9.17) is 9.47 Å². The van der Waals surface area contributed by atoms with Gasteiger partial charge in [0.05, 0.1) is 26.3 Å². The summed E-state index contributed by atoms with van der Waals surface area (Å²) in [6.07, 6.45) is 1.04. The molecule has 1 heterocycles. The van der Waals surface area contributed by atoms with Gasteiger partial charge in [0.2, 0.25) is 5.91 Å². The Bertz CT molecular complexity index is 871. The summed E-state index contributed by atoms with van der Waals surface area (Å²) in [4.78, 5) is 16.9. The maximum atomic E-state index is 12.2. The molecule has 8 heteroatoms. The van der Waals surface area contributed by atoms with Gasteiger partial charge in [0.15, 0.2) is 5.96 Å². The van der Waals surface area contributed by atoms with Crippen LogP contribution in [0.4, 0.5) is 5.69 Å². The number of para-hydroxylation sites is 1.